The highest BCUT2D eigenvalue weighted by molar-refractivity contribution is 6.06. The number of urea groups is 1. The van der Waals surface area contributed by atoms with Gasteiger partial charge < -0.3 is 9.80 Å². The molecule has 5 nitrogen and oxygen atoms in total. The van der Waals surface area contributed by atoms with E-state index in [1.54, 1.807) is 0 Å². The lowest BCUT2D eigenvalue weighted by Crippen LogP contribution is -2.51. The molecular formula is C13H26N3O2+. The summed E-state index contributed by atoms with van der Waals surface area (Å²) in [6.07, 6.45) is 0.687. The highest BCUT2D eigenvalue weighted by Gasteiger charge is 2.47. The van der Waals surface area contributed by atoms with Crippen molar-refractivity contribution in [1.82, 2.24) is 10.2 Å². The summed E-state index contributed by atoms with van der Waals surface area (Å²) in [5.74, 6) is -0.0891. The molecule has 0 radical (unpaired) electrons. The predicted molar refractivity (Wildman–Crippen MR) is 71.1 cm³/mol. The van der Waals surface area contributed by atoms with E-state index >= 15 is 0 Å². The number of nitrogens with one attached hydrogen (secondary N) is 1. The standard InChI is InChI=1S/C13H25N3O2/c1-6-15-11(17)13(4,14-12(15)18)9-10-16(5,7-2)8-3/h6-10H2,1-5H3/p+1/t13-/m0/s1. The van der Waals surface area contributed by atoms with Crippen LogP contribution in [-0.4, -0.2) is 60.1 Å². The topological polar surface area (TPSA) is 49.4 Å². The van der Waals surface area contributed by atoms with Gasteiger partial charge in [-0.3, -0.25) is 9.69 Å². The van der Waals surface area contributed by atoms with Gasteiger partial charge in [-0.15, -0.1) is 0 Å². The van der Waals surface area contributed by atoms with Gasteiger partial charge in [-0.2, -0.15) is 0 Å². The Hall–Kier alpha value is -1.10. The van der Waals surface area contributed by atoms with Crippen molar-refractivity contribution in [3.8, 4) is 0 Å². The Morgan fingerprint density at radius 3 is 2.17 bits per heavy atom. The first-order chi connectivity index (χ1) is 8.32. The first-order valence-electron chi connectivity index (χ1n) is 6.79. The minimum atomic E-state index is -0.725. The summed E-state index contributed by atoms with van der Waals surface area (Å²) in [6, 6.07) is -0.257. The molecule has 104 valence electrons. The maximum atomic E-state index is 12.2. The van der Waals surface area contributed by atoms with E-state index in [2.05, 4.69) is 26.2 Å². The van der Waals surface area contributed by atoms with Gasteiger partial charge in [0.25, 0.3) is 5.91 Å². The van der Waals surface area contributed by atoms with Crippen molar-refractivity contribution >= 4 is 11.9 Å². The van der Waals surface area contributed by atoms with Crippen LogP contribution < -0.4 is 5.32 Å². The monoisotopic (exact) mass is 256 g/mol. The van der Waals surface area contributed by atoms with Crippen LogP contribution in [0.1, 0.15) is 34.1 Å². The van der Waals surface area contributed by atoms with E-state index in [-0.39, 0.29) is 11.9 Å². The van der Waals surface area contributed by atoms with E-state index in [4.69, 9.17) is 0 Å². The lowest BCUT2D eigenvalue weighted by Gasteiger charge is -2.34. The lowest BCUT2D eigenvalue weighted by atomic mass is 9.97. The molecule has 0 aromatic rings. The summed E-state index contributed by atoms with van der Waals surface area (Å²) in [5, 5.41) is 2.83. The Kier molecular flexibility index (Phi) is 4.37. The Balaban J connectivity index is 2.73. The Morgan fingerprint density at radius 1 is 1.22 bits per heavy atom. The van der Waals surface area contributed by atoms with Gasteiger partial charge in [-0.1, -0.05) is 0 Å². The molecule has 1 aliphatic heterocycles. The second-order valence-corrected chi connectivity index (χ2v) is 5.54. The maximum absolute atomic E-state index is 12.2. The van der Waals surface area contributed by atoms with Gasteiger partial charge in [0, 0.05) is 13.0 Å². The van der Waals surface area contributed by atoms with E-state index < -0.39 is 5.54 Å². The predicted octanol–water partition coefficient (Wildman–Crippen LogP) is 1.19. The number of quaternary nitrogens is 1. The molecule has 1 fully saturated rings. The highest BCUT2D eigenvalue weighted by Crippen LogP contribution is 2.22. The largest absolute Gasteiger partial charge is 0.326 e. The van der Waals surface area contributed by atoms with Crippen LogP contribution in [0.5, 0.6) is 0 Å². The van der Waals surface area contributed by atoms with Gasteiger partial charge in [0.15, 0.2) is 0 Å². The molecule has 1 aliphatic rings. The molecule has 0 aromatic carbocycles. The summed E-state index contributed by atoms with van der Waals surface area (Å²) in [5.41, 5.74) is -0.725. The number of amides is 3. The third-order valence-electron chi connectivity index (χ3n) is 4.34. The normalized spacial score (nSPS) is 24.6. The molecule has 1 N–H and O–H groups in total. The lowest BCUT2D eigenvalue weighted by molar-refractivity contribution is -0.906. The Labute approximate surface area is 110 Å². The average molecular weight is 256 g/mol. The molecule has 0 aromatic heterocycles. The van der Waals surface area contributed by atoms with Crippen molar-refractivity contribution in [2.45, 2.75) is 39.7 Å². The molecule has 1 atom stereocenters. The second kappa shape index (κ2) is 5.26. The molecule has 18 heavy (non-hydrogen) atoms. The number of carbonyl (C=O) groups is 2. The maximum Gasteiger partial charge on any atom is 0.325 e. The van der Waals surface area contributed by atoms with Gasteiger partial charge in [0.2, 0.25) is 0 Å². The summed E-state index contributed by atoms with van der Waals surface area (Å²) in [6.45, 7) is 11.4. The number of likely N-dealkylation sites (N-methyl/N-ethyl adjacent to an activating group) is 1. The number of nitrogens with zero attached hydrogens (tertiary/aromatic N) is 2. The molecule has 5 heteroatoms. The third-order valence-corrected chi connectivity index (χ3v) is 4.34. The van der Waals surface area contributed by atoms with Gasteiger partial charge in [-0.25, -0.2) is 4.79 Å². The zero-order chi connectivity index (χ0) is 14.0. The van der Waals surface area contributed by atoms with Crippen LogP contribution in [0.15, 0.2) is 0 Å². The molecule has 0 aliphatic carbocycles. The van der Waals surface area contributed by atoms with Gasteiger partial charge in [-0.05, 0) is 27.7 Å². The molecule has 0 bridgehead atoms. The molecular weight excluding hydrogens is 230 g/mol. The first kappa shape index (κ1) is 15.0. The SMILES string of the molecule is CCN1C(=O)N[C@@](C)(CC[N+](C)(CC)CC)C1=O. The van der Waals surface area contributed by atoms with Gasteiger partial charge in [0.1, 0.15) is 5.54 Å². The third kappa shape index (κ3) is 2.66. The van der Waals surface area contributed by atoms with Crippen molar-refractivity contribution in [2.75, 3.05) is 33.2 Å². The quantitative estimate of drug-likeness (QED) is 0.573. The van der Waals surface area contributed by atoms with Crippen molar-refractivity contribution in [3.05, 3.63) is 0 Å². The fourth-order valence-electron chi connectivity index (χ4n) is 2.24. The number of carbonyl (C=O) groups excluding carboxylic acids is 2. The van der Waals surface area contributed by atoms with Gasteiger partial charge in [0.05, 0.1) is 26.7 Å². The number of hydrogen-bond acceptors (Lipinski definition) is 2. The highest BCUT2D eigenvalue weighted by atomic mass is 16.2. The van der Waals surface area contributed by atoms with Gasteiger partial charge >= 0.3 is 6.03 Å². The zero-order valence-corrected chi connectivity index (χ0v) is 12.2. The average Bonchev–Trinajstić information content (AvgIpc) is 2.57. The summed E-state index contributed by atoms with van der Waals surface area (Å²) in [4.78, 5) is 25.2. The second-order valence-electron chi connectivity index (χ2n) is 5.54. The number of imide groups is 1. The van der Waals surface area contributed by atoms with E-state index in [0.29, 0.717) is 13.0 Å². The molecule has 1 rings (SSSR count). The van der Waals surface area contributed by atoms with Crippen LogP contribution in [0.4, 0.5) is 4.79 Å². The van der Waals surface area contributed by atoms with E-state index in [1.165, 1.54) is 4.90 Å². The zero-order valence-electron chi connectivity index (χ0n) is 12.2. The van der Waals surface area contributed by atoms with Crippen LogP contribution >= 0.6 is 0 Å². The van der Waals surface area contributed by atoms with E-state index in [1.807, 2.05) is 13.8 Å². The fraction of sp³-hybridized carbons (Fsp3) is 0.846. The van der Waals surface area contributed by atoms with Crippen molar-refractivity contribution in [1.29, 1.82) is 0 Å². The molecule has 0 saturated carbocycles. The van der Waals surface area contributed by atoms with Crippen LogP contribution in [-0.2, 0) is 4.79 Å². The van der Waals surface area contributed by atoms with Crippen LogP contribution in [0.3, 0.4) is 0 Å². The molecule has 3 amide bonds. The van der Waals surface area contributed by atoms with E-state index in [0.717, 1.165) is 24.1 Å². The Morgan fingerprint density at radius 2 is 1.78 bits per heavy atom. The molecule has 1 heterocycles. The smallest absolute Gasteiger partial charge is 0.325 e. The number of rotatable bonds is 6. The van der Waals surface area contributed by atoms with Crippen LogP contribution in [0.2, 0.25) is 0 Å². The molecule has 0 spiro atoms. The van der Waals surface area contributed by atoms with Crippen LogP contribution in [0.25, 0.3) is 0 Å². The summed E-state index contributed by atoms with van der Waals surface area (Å²) >= 11 is 0. The van der Waals surface area contributed by atoms with Crippen molar-refractivity contribution < 1.29 is 14.1 Å². The van der Waals surface area contributed by atoms with E-state index in [9.17, 15) is 9.59 Å². The first-order valence-corrected chi connectivity index (χ1v) is 6.79. The van der Waals surface area contributed by atoms with Crippen molar-refractivity contribution in [3.63, 3.8) is 0 Å². The Bertz CT molecular complexity index is 339. The fourth-order valence-corrected chi connectivity index (χ4v) is 2.24. The molecule has 0 unspecified atom stereocenters. The van der Waals surface area contributed by atoms with Crippen LogP contribution in [0, 0.1) is 0 Å². The minimum Gasteiger partial charge on any atom is -0.326 e. The molecule has 1 saturated heterocycles. The minimum absolute atomic E-state index is 0.0891. The number of hydrogen-bond donors (Lipinski definition) is 1. The summed E-state index contributed by atoms with van der Waals surface area (Å²) in [7, 11) is 2.18. The summed E-state index contributed by atoms with van der Waals surface area (Å²) < 4.78 is 0.921. The van der Waals surface area contributed by atoms with Crippen molar-refractivity contribution in [2.24, 2.45) is 0 Å².